The maximum atomic E-state index is 11.7. The molecule has 0 aromatic carbocycles. The maximum absolute atomic E-state index is 11.7. The van der Waals surface area contributed by atoms with Gasteiger partial charge in [-0.15, -0.1) is 0 Å². The smallest absolute Gasteiger partial charge is 0.345 e. The van der Waals surface area contributed by atoms with Gasteiger partial charge in [-0.25, -0.2) is 4.79 Å². The van der Waals surface area contributed by atoms with Crippen molar-refractivity contribution in [1.29, 1.82) is 0 Å². The Balaban J connectivity index is 3.18. The Morgan fingerprint density at radius 1 is 1.47 bits per heavy atom. The molecule has 0 saturated carbocycles. The van der Waals surface area contributed by atoms with Crippen LogP contribution in [-0.2, 0) is 11.2 Å². The Morgan fingerprint density at radius 2 is 2.13 bits per heavy atom. The topological polar surface area (TPSA) is 56.5 Å². The molecular weight excluding hydrogens is 196 g/mol. The van der Waals surface area contributed by atoms with Crippen molar-refractivity contribution in [3.63, 3.8) is 0 Å². The van der Waals surface area contributed by atoms with Crippen LogP contribution < -0.4 is 5.43 Å². The molecule has 4 nitrogen and oxygen atoms in total. The molecule has 1 aromatic heterocycles. The Morgan fingerprint density at radius 3 is 2.67 bits per heavy atom. The number of carbonyl (C=O) groups is 1. The molecule has 4 heteroatoms. The lowest BCUT2D eigenvalue weighted by molar-refractivity contribution is 0.0521. The third-order valence-corrected chi connectivity index (χ3v) is 2.14. The second kappa shape index (κ2) is 4.77. The molecular formula is C11H14O4. The van der Waals surface area contributed by atoms with E-state index in [1.165, 1.54) is 6.26 Å². The number of esters is 1. The summed E-state index contributed by atoms with van der Waals surface area (Å²) < 4.78 is 9.92. The summed E-state index contributed by atoms with van der Waals surface area (Å²) in [7, 11) is 0. The summed E-state index contributed by atoms with van der Waals surface area (Å²) in [6.45, 7) is 5.46. The van der Waals surface area contributed by atoms with Crippen molar-refractivity contribution in [3.05, 3.63) is 33.4 Å². The molecule has 0 unspecified atom stereocenters. The van der Waals surface area contributed by atoms with Crippen LogP contribution in [-0.4, -0.2) is 12.6 Å². The summed E-state index contributed by atoms with van der Waals surface area (Å²) in [5.74, 6) is -0.0231. The second-order valence-electron chi connectivity index (χ2n) is 3.10. The number of carbonyl (C=O) groups excluding carboxylic acids is 1. The van der Waals surface area contributed by atoms with Crippen LogP contribution in [0.15, 0.2) is 15.5 Å². The highest BCUT2D eigenvalue weighted by molar-refractivity contribution is 5.88. The SMILES string of the molecule is CCOC(=O)c1coc(CC)c(C)c1=O. The van der Waals surface area contributed by atoms with E-state index in [-0.39, 0.29) is 17.6 Å². The van der Waals surface area contributed by atoms with Gasteiger partial charge < -0.3 is 9.15 Å². The Hall–Kier alpha value is -1.58. The number of hydrogen-bond acceptors (Lipinski definition) is 4. The fraction of sp³-hybridized carbons (Fsp3) is 0.455. The van der Waals surface area contributed by atoms with E-state index < -0.39 is 5.97 Å². The highest BCUT2D eigenvalue weighted by Gasteiger charge is 2.15. The minimum atomic E-state index is -0.628. The van der Waals surface area contributed by atoms with E-state index in [1.54, 1.807) is 13.8 Å². The number of ether oxygens (including phenoxy) is 1. The lowest BCUT2D eigenvalue weighted by Gasteiger charge is -2.04. The van der Waals surface area contributed by atoms with Crippen molar-refractivity contribution in [1.82, 2.24) is 0 Å². The molecule has 0 spiro atoms. The summed E-state index contributed by atoms with van der Waals surface area (Å²) in [6.07, 6.45) is 1.80. The Kier molecular flexibility index (Phi) is 3.66. The molecule has 0 aliphatic heterocycles. The average molecular weight is 210 g/mol. The maximum Gasteiger partial charge on any atom is 0.345 e. The fourth-order valence-electron chi connectivity index (χ4n) is 1.30. The van der Waals surface area contributed by atoms with Gasteiger partial charge >= 0.3 is 5.97 Å². The summed E-state index contributed by atoms with van der Waals surface area (Å²) in [5, 5.41) is 0. The Labute approximate surface area is 87.9 Å². The molecule has 82 valence electrons. The molecule has 0 saturated heterocycles. The molecule has 15 heavy (non-hydrogen) atoms. The third kappa shape index (κ3) is 2.26. The summed E-state index contributed by atoms with van der Waals surface area (Å²) in [6, 6.07) is 0. The van der Waals surface area contributed by atoms with Gasteiger partial charge in [-0.1, -0.05) is 6.92 Å². The molecule has 1 rings (SSSR count). The molecule has 0 aliphatic carbocycles. The fourth-order valence-corrected chi connectivity index (χ4v) is 1.30. The first-order chi connectivity index (χ1) is 7.11. The van der Waals surface area contributed by atoms with E-state index in [9.17, 15) is 9.59 Å². The van der Waals surface area contributed by atoms with Crippen LogP contribution in [0.5, 0.6) is 0 Å². The second-order valence-corrected chi connectivity index (χ2v) is 3.10. The quantitative estimate of drug-likeness (QED) is 0.712. The van der Waals surface area contributed by atoms with Crippen molar-refractivity contribution >= 4 is 5.97 Å². The third-order valence-electron chi connectivity index (χ3n) is 2.14. The van der Waals surface area contributed by atoms with Gasteiger partial charge in [0.2, 0.25) is 5.43 Å². The normalized spacial score (nSPS) is 10.1. The van der Waals surface area contributed by atoms with Gasteiger partial charge in [0.05, 0.1) is 6.61 Å². The van der Waals surface area contributed by atoms with Gasteiger partial charge in [-0.05, 0) is 13.8 Å². The highest BCUT2D eigenvalue weighted by Crippen LogP contribution is 2.06. The van der Waals surface area contributed by atoms with Crippen LogP contribution in [0.2, 0.25) is 0 Å². The predicted octanol–water partition coefficient (Wildman–Crippen LogP) is 1.69. The zero-order chi connectivity index (χ0) is 11.4. The van der Waals surface area contributed by atoms with Crippen molar-refractivity contribution in [2.24, 2.45) is 0 Å². The zero-order valence-corrected chi connectivity index (χ0v) is 9.12. The molecule has 1 aromatic rings. The van der Waals surface area contributed by atoms with Crippen molar-refractivity contribution in [3.8, 4) is 0 Å². The molecule has 1 heterocycles. The molecule has 0 bridgehead atoms. The van der Waals surface area contributed by atoms with E-state index in [1.807, 2.05) is 6.92 Å². The van der Waals surface area contributed by atoms with E-state index >= 15 is 0 Å². The van der Waals surface area contributed by atoms with Gasteiger partial charge in [-0.2, -0.15) is 0 Å². The molecule has 0 radical (unpaired) electrons. The monoisotopic (exact) mass is 210 g/mol. The first-order valence-corrected chi connectivity index (χ1v) is 4.90. The first-order valence-electron chi connectivity index (χ1n) is 4.90. The largest absolute Gasteiger partial charge is 0.468 e. The van der Waals surface area contributed by atoms with Crippen molar-refractivity contribution in [2.75, 3.05) is 6.61 Å². The standard InChI is InChI=1S/C11H14O4/c1-4-9-7(3)10(12)8(6-15-9)11(13)14-5-2/h6H,4-5H2,1-3H3. The lowest BCUT2D eigenvalue weighted by atomic mass is 10.1. The van der Waals surface area contributed by atoms with Crippen LogP contribution in [0.4, 0.5) is 0 Å². The minimum absolute atomic E-state index is 0.0356. The zero-order valence-electron chi connectivity index (χ0n) is 9.12. The highest BCUT2D eigenvalue weighted by atomic mass is 16.5. The molecule has 0 aliphatic rings. The van der Waals surface area contributed by atoms with E-state index in [2.05, 4.69) is 0 Å². The van der Waals surface area contributed by atoms with Crippen LogP contribution in [0.25, 0.3) is 0 Å². The number of rotatable bonds is 3. The molecule has 0 atom stereocenters. The van der Waals surface area contributed by atoms with E-state index in [4.69, 9.17) is 9.15 Å². The summed E-state index contributed by atoms with van der Waals surface area (Å²) in [5.41, 5.74) is 0.131. The number of aryl methyl sites for hydroxylation is 1. The minimum Gasteiger partial charge on any atom is -0.468 e. The van der Waals surface area contributed by atoms with Gasteiger partial charge in [-0.3, -0.25) is 4.79 Å². The van der Waals surface area contributed by atoms with Crippen molar-refractivity contribution < 1.29 is 13.9 Å². The average Bonchev–Trinajstić information content (AvgIpc) is 2.22. The van der Waals surface area contributed by atoms with Crippen molar-refractivity contribution in [2.45, 2.75) is 27.2 Å². The van der Waals surface area contributed by atoms with E-state index in [0.717, 1.165) is 0 Å². The van der Waals surface area contributed by atoms with Gasteiger partial charge in [0.1, 0.15) is 17.6 Å². The number of hydrogen-bond donors (Lipinski definition) is 0. The summed E-state index contributed by atoms with van der Waals surface area (Å²) in [4.78, 5) is 23.0. The first kappa shape index (κ1) is 11.5. The van der Waals surface area contributed by atoms with E-state index in [0.29, 0.717) is 17.7 Å². The molecule has 0 fully saturated rings. The van der Waals surface area contributed by atoms with Gasteiger partial charge in [0.25, 0.3) is 0 Å². The molecule has 0 amide bonds. The Bertz CT molecular complexity index is 417. The van der Waals surface area contributed by atoms with Crippen LogP contribution >= 0.6 is 0 Å². The molecule has 0 N–H and O–H groups in total. The van der Waals surface area contributed by atoms with Crippen LogP contribution in [0, 0.1) is 6.92 Å². The van der Waals surface area contributed by atoms with Crippen LogP contribution in [0.3, 0.4) is 0 Å². The summed E-state index contributed by atoms with van der Waals surface area (Å²) >= 11 is 0. The predicted molar refractivity (Wildman–Crippen MR) is 55.0 cm³/mol. The van der Waals surface area contributed by atoms with Gasteiger partial charge in [0.15, 0.2) is 0 Å². The lowest BCUT2D eigenvalue weighted by Crippen LogP contribution is -2.20. The van der Waals surface area contributed by atoms with Crippen LogP contribution in [0.1, 0.15) is 35.5 Å². The van der Waals surface area contributed by atoms with Gasteiger partial charge in [0, 0.05) is 12.0 Å².